The number of Topliss-reactive ketones (excluding diaryl/α,β-unsaturated/α-hetero) is 1. The first-order valence-electron chi connectivity index (χ1n) is 6.27. The second-order valence-electron chi connectivity index (χ2n) is 4.35. The fourth-order valence-electron chi connectivity index (χ4n) is 2.40. The molecule has 0 aliphatic carbocycles. The van der Waals surface area contributed by atoms with E-state index < -0.39 is 0 Å². The van der Waals surface area contributed by atoms with Crippen LogP contribution in [0.15, 0.2) is 6.33 Å². The molecule has 0 amide bonds. The Kier molecular flexibility index (Phi) is 3.89. The number of aromatic nitrogens is 3. The van der Waals surface area contributed by atoms with Gasteiger partial charge in [0.1, 0.15) is 17.9 Å². The van der Waals surface area contributed by atoms with Gasteiger partial charge in [-0.1, -0.05) is 6.92 Å². The first-order chi connectivity index (χ1) is 8.26. The average molecular weight is 237 g/mol. The van der Waals surface area contributed by atoms with Crippen molar-refractivity contribution >= 4 is 5.78 Å². The molecule has 0 saturated carbocycles. The van der Waals surface area contributed by atoms with Crippen LogP contribution >= 0.6 is 0 Å². The highest BCUT2D eigenvalue weighted by Crippen LogP contribution is 2.25. The Morgan fingerprint density at radius 1 is 1.59 bits per heavy atom. The molecule has 2 atom stereocenters. The second-order valence-corrected chi connectivity index (χ2v) is 4.35. The fourth-order valence-corrected chi connectivity index (χ4v) is 2.40. The van der Waals surface area contributed by atoms with E-state index in [9.17, 15) is 4.79 Å². The van der Waals surface area contributed by atoms with Crippen LogP contribution < -0.4 is 0 Å². The van der Waals surface area contributed by atoms with E-state index in [-0.39, 0.29) is 17.8 Å². The molecule has 1 aromatic heterocycles. The molecule has 1 aliphatic heterocycles. The summed E-state index contributed by atoms with van der Waals surface area (Å²) in [4.78, 5) is 16.3. The van der Waals surface area contributed by atoms with Crippen molar-refractivity contribution in [3.63, 3.8) is 0 Å². The van der Waals surface area contributed by atoms with Gasteiger partial charge in [0, 0.05) is 19.1 Å². The van der Waals surface area contributed by atoms with Crippen molar-refractivity contribution in [3.8, 4) is 0 Å². The van der Waals surface area contributed by atoms with Gasteiger partial charge in [0.2, 0.25) is 0 Å². The molecule has 2 rings (SSSR count). The number of nitrogens with zero attached hydrogens (tertiary/aromatic N) is 3. The summed E-state index contributed by atoms with van der Waals surface area (Å²) in [5, 5.41) is 4.08. The lowest BCUT2D eigenvalue weighted by molar-refractivity contribution is -0.124. The molecule has 0 N–H and O–H groups in total. The van der Waals surface area contributed by atoms with E-state index in [4.69, 9.17) is 4.74 Å². The van der Waals surface area contributed by atoms with Crippen molar-refractivity contribution < 1.29 is 9.53 Å². The number of hydrogen-bond acceptors (Lipinski definition) is 4. The SMILES string of the molecule is CCC1OCCC1C(=O)Cc1ncnn1CC. The Labute approximate surface area is 101 Å². The molecule has 0 bridgehead atoms. The van der Waals surface area contributed by atoms with Gasteiger partial charge in [0.05, 0.1) is 12.5 Å². The van der Waals surface area contributed by atoms with Gasteiger partial charge in [-0.2, -0.15) is 5.10 Å². The van der Waals surface area contributed by atoms with Crippen molar-refractivity contribution in [2.75, 3.05) is 6.61 Å². The molecule has 2 heterocycles. The van der Waals surface area contributed by atoms with Crippen LogP contribution in [0.5, 0.6) is 0 Å². The monoisotopic (exact) mass is 237 g/mol. The lowest BCUT2D eigenvalue weighted by atomic mass is 9.93. The zero-order chi connectivity index (χ0) is 12.3. The lowest BCUT2D eigenvalue weighted by Crippen LogP contribution is -2.26. The number of carbonyl (C=O) groups is 1. The van der Waals surface area contributed by atoms with Gasteiger partial charge < -0.3 is 4.74 Å². The van der Waals surface area contributed by atoms with Gasteiger partial charge in [-0.15, -0.1) is 0 Å². The summed E-state index contributed by atoms with van der Waals surface area (Å²) in [6.07, 6.45) is 3.72. The molecule has 0 radical (unpaired) electrons. The van der Waals surface area contributed by atoms with Gasteiger partial charge >= 0.3 is 0 Å². The number of aryl methyl sites for hydroxylation is 1. The molecule has 5 nitrogen and oxygen atoms in total. The highest BCUT2D eigenvalue weighted by Gasteiger charge is 2.32. The van der Waals surface area contributed by atoms with Crippen LogP contribution in [0.2, 0.25) is 0 Å². The topological polar surface area (TPSA) is 57.0 Å². The van der Waals surface area contributed by atoms with E-state index in [1.807, 2.05) is 6.92 Å². The number of hydrogen-bond donors (Lipinski definition) is 0. The number of carbonyl (C=O) groups excluding carboxylic acids is 1. The van der Waals surface area contributed by atoms with Crippen LogP contribution in [-0.4, -0.2) is 33.3 Å². The molecule has 1 aliphatic rings. The Balaban J connectivity index is 2.01. The third kappa shape index (κ3) is 2.54. The third-order valence-electron chi connectivity index (χ3n) is 3.35. The molecule has 2 unspecified atom stereocenters. The summed E-state index contributed by atoms with van der Waals surface area (Å²) in [6, 6.07) is 0. The quantitative estimate of drug-likeness (QED) is 0.772. The molecular weight excluding hydrogens is 218 g/mol. The highest BCUT2D eigenvalue weighted by molar-refractivity contribution is 5.83. The molecule has 1 saturated heterocycles. The van der Waals surface area contributed by atoms with E-state index in [0.717, 1.165) is 25.2 Å². The summed E-state index contributed by atoms with van der Waals surface area (Å²) in [5.41, 5.74) is 0. The third-order valence-corrected chi connectivity index (χ3v) is 3.35. The van der Waals surface area contributed by atoms with Crippen molar-refractivity contribution in [3.05, 3.63) is 12.2 Å². The average Bonchev–Trinajstić information content (AvgIpc) is 2.96. The Morgan fingerprint density at radius 2 is 2.41 bits per heavy atom. The lowest BCUT2D eigenvalue weighted by Gasteiger charge is -2.15. The van der Waals surface area contributed by atoms with Gasteiger partial charge in [-0.25, -0.2) is 9.67 Å². The molecule has 5 heteroatoms. The summed E-state index contributed by atoms with van der Waals surface area (Å²) in [7, 11) is 0. The second kappa shape index (κ2) is 5.40. The van der Waals surface area contributed by atoms with E-state index in [1.54, 1.807) is 4.68 Å². The van der Waals surface area contributed by atoms with Crippen LogP contribution in [0.3, 0.4) is 0 Å². The zero-order valence-corrected chi connectivity index (χ0v) is 10.4. The zero-order valence-electron chi connectivity index (χ0n) is 10.4. The Hall–Kier alpha value is -1.23. The van der Waals surface area contributed by atoms with E-state index in [0.29, 0.717) is 13.0 Å². The highest BCUT2D eigenvalue weighted by atomic mass is 16.5. The normalized spacial score (nSPS) is 24.1. The van der Waals surface area contributed by atoms with E-state index in [2.05, 4.69) is 17.0 Å². The summed E-state index contributed by atoms with van der Waals surface area (Å²) in [6.45, 7) is 5.51. The molecule has 1 fully saturated rings. The van der Waals surface area contributed by atoms with Crippen molar-refractivity contribution in [2.24, 2.45) is 5.92 Å². The van der Waals surface area contributed by atoms with Crippen molar-refractivity contribution in [1.82, 2.24) is 14.8 Å². The van der Waals surface area contributed by atoms with E-state index >= 15 is 0 Å². The maximum Gasteiger partial charge on any atom is 0.146 e. The summed E-state index contributed by atoms with van der Waals surface area (Å²) >= 11 is 0. The molecule has 0 aromatic carbocycles. The van der Waals surface area contributed by atoms with Gasteiger partial charge in [0.25, 0.3) is 0 Å². The first kappa shape index (κ1) is 12.2. The summed E-state index contributed by atoms with van der Waals surface area (Å²) in [5.74, 6) is 1.04. The Morgan fingerprint density at radius 3 is 3.12 bits per heavy atom. The number of ether oxygens (including phenoxy) is 1. The smallest absolute Gasteiger partial charge is 0.146 e. The summed E-state index contributed by atoms with van der Waals surface area (Å²) < 4.78 is 7.32. The van der Waals surface area contributed by atoms with Gasteiger partial charge in [0.15, 0.2) is 0 Å². The predicted molar refractivity (Wildman–Crippen MR) is 62.5 cm³/mol. The van der Waals surface area contributed by atoms with Gasteiger partial charge in [-0.3, -0.25) is 4.79 Å². The first-order valence-corrected chi connectivity index (χ1v) is 6.27. The van der Waals surface area contributed by atoms with Crippen LogP contribution in [0.25, 0.3) is 0 Å². The molecule has 17 heavy (non-hydrogen) atoms. The van der Waals surface area contributed by atoms with Gasteiger partial charge in [-0.05, 0) is 19.8 Å². The van der Waals surface area contributed by atoms with E-state index in [1.165, 1.54) is 6.33 Å². The van der Waals surface area contributed by atoms with Crippen molar-refractivity contribution in [1.29, 1.82) is 0 Å². The van der Waals surface area contributed by atoms with Crippen LogP contribution in [-0.2, 0) is 22.5 Å². The Bertz CT molecular complexity index is 389. The van der Waals surface area contributed by atoms with Crippen LogP contribution in [0.4, 0.5) is 0 Å². The molecule has 0 spiro atoms. The largest absolute Gasteiger partial charge is 0.377 e. The molecule has 1 aromatic rings. The standard InChI is InChI=1S/C12H19N3O2/c1-3-11-9(5-6-17-11)10(16)7-12-13-8-14-15(12)4-2/h8-9,11H,3-7H2,1-2H3. The number of rotatable bonds is 5. The minimum absolute atomic E-state index is 0.0435. The minimum atomic E-state index is 0.0435. The predicted octanol–water partition coefficient (Wildman–Crippen LogP) is 1.22. The maximum absolute atomic E-state index is 12.2. The molecular formula is C12H19N3O2. The fraction of sp³-hybridized carbons (Fsp3) is 0.750. The number of ketones is 1. The minimum Gasteiger partial charge on any atom is -0.377 e. The molecule has 94 valence electrons. The van der Waals surface area contributed by atoms with Crippen LogP contribution in [0, 0.1) is 5.92 Å². The maximum atomic E-state index is 12.2. The van der Waals surface area contributed by atoms with Crippen LogP contribution in [0.1, 0.15) is 32.5 Å². The van der Waals surface area contributed by atoms with Crippen molar-refractivity contribution in [2.45, 2.75) is 45.8 Å².